The van der Waals surface area contributed by atoms with Crippen molar-refractivity contribution < 1.29 is 0 Å². The van der Waals surface area contributed by atoms with Crippen LogP contribution >= 0.6 is 0 Å². The van der Waals surface area contributed by atoms with Gasteiger partial charge in [-0.15, -0.1) is 0 Å². The standard InChI is InChI=1S/C20H22N6/c1-15-23-17(12-19(24-15)25-20-13-21-9-10-22-20)18-8-5-11-26(18)14-16-6-3-2-4-7-16/h2-4,6-7,9-10,12-13,18H,5,8,11,14H2,1H3,(H,22,23,24,25). The summed E-state index contributed by atoms with van der Waals surface area (Å²) in [6, 6.07) is 13.0. The summed E-state index contributed by atoms with van der Waals surface area (Å²) in [7, 11) is 0. The van der Waals surface area contributed by atoms with Gasteiger partial charge in [0.25, 0.3) is 0 Å². The first kappa shape index (κ1) is 16.6. The van der Waals surface area contributed by atoms with E-state index in [1.807, 2.05) is 13.0 Å². The SMILES string of the molecule is Cc1nc(Nc2cnccn2)cc(C2CCCN2Cc2ccccc2)n1. The summed E-state index contributed by atoms with van der Waals surface area (Å²) < 4.78 is 0. The van der Waals surface area contributed by atoms with E-state index >= 15 is 0 Å². The highest BCUT2D eigenvalue weighted by Gasteiger charge is 2.27. The number of hydrogen-bond acceptors (Lipinski definition) is 6. The molecule has 26 heavy (non-hydrogen) atoms. The van der Waals surface area contributed by atoms with Gasteiger partial charge in [0.1, 0.15) is 17.5 Å². The van der Waals surface area contributed by atoms with E-state index in [4.69, 9.17) is 4.98 Å². The molecule has 6 heteroatoms. The van der Waals surface area contributed by atoms with Crippen molar-refractivity contribution in [2.45, 2.75) is 32.4 Å². The Hall–Kier alpha value is -2.86. The number of likely N-dealkylation sites (tertiary alicyclic amines) is 1. The lowest BCUT2D eigenvalue weighted by Gasteiger charge is -2.24. The predicted octanol–water partition coefficient (Wildman–Crippen LogP) is 3.66. The van der Waals surface area contributed by atoms with Crippen molar-refractivity contribution in [1.29, 1.82) is 0 Å². The Kier molecular flexibility index (Phi) is 4.84. The number of benzene rings is 1. The van der Waals surface area contributed by atoms with Gasteiger partial charge in [-0.1, -0.05) is 30.3 Å². The molecule has 4 rings (SSSR count). The highest BCUT2D eigenvalue weighted by molar-refractivity contribution is 5.50. The third kappa shape index (κ3) is 3.86. The third-order valence-electron chi connectivity index (χ3n) is 4.61. The molecule has 0 spiro atoms. The molecule has 1 unspecified atom stereocenters. The Labute approximate surface area is 153 Å². The topological polar surface area (TPSA) is 66.8 Å². The maximum Gasteiger partial charge on any atom is 0.150 e. The largest absolute Gasteiger partial charge is 0.324 e. The van der Waals surface area contributed by atoms with Crippen molar-refractivity contribution >= 4 is 11.6 Å². The summed E-state index contributed by atoms with van der Waals surface area (Å²) in [4.78, 5) is 20.1. The summed E-state index contributed by atoms with van der Waals surface area (Å²) in [5, 5.41) is 3.23. The molecule has 6 nitrogen and oxygen atoms in total. The van der Waals surface area contributed by atoms with Crippen molar-refractivity contribution in [2.24, 2.45) is 0 Å². The highest BCUT2D eigenvalue weighted by atomic mass is 15.2. The molecule has 1 fully saturated rings. The van der Waals surface area contributed by atoms with Gasteiger partial charge in [-0.2, -0.15) is 0 Å². The normalized spacial score (nSPS) is 17.3. The van der Waals surface area contributed by atoms with E-state index in [2.05, 4.69) is 55.5 Å². The lowest BCUT2D eigenvalue weighted by Crippen LogP contribution is -2.24. The van der Waals surface area contributed by atoms with Gasteiger partial charge in [0.15, 0.2) is 0 Å². The highest BCUT2D eigenvalue weighted by Crippen LogP contribution is 2.33. The second-order valence-corrected chi connectivity index (χ2v) is 6.56. The van der Waals surface area contributed by atoms with Crippen LogP contribution in [0.1, 0.15) is 36.0 Å². The smallest absolute Gasteiger partial charge is 0.150 e. The first-order valence-electron chi connectivity index (χ1n) is 8.94. The minimum absolute atomic E-state index is 0.319. The van der Waals surface area contributed by atoms with Gasteiger partial charge in [-0.3, -0.25) is 9.88 Å². The van der Waals surface area contributed by atoms with Crippen molar-refractivity contribution in [2.75, 3.05) is 11.9 Å². The zero-order valence-electron chi connectivity index (χ0n) is 14.8. The molecule has 0 radical (unpaired) electrons. The molecule has 0 saturated carbocycles. The molecular weight excluding hydrogens is 324 g/mol. The Bertz CT molecular complexity index is 853. The number of nitrogens with zero attached hydrogens (tertiary/aromatic N) is 5. The van der Waals surface area contributed by atoms with Crippen LogP contribution in [0.2, 0.25) is 0 Å². The number of rotatable bonds is 5. The van der Waals surface area contributed by atoms with E-state index in [1.165, 1.54) is 12.0 Å². The first-order chi connectivity index (χ1) is 12.8. The summed E-state index contributed by atoms with van der Waals surface area (Å²) in [5.41, 5.74) is 2.40. The van der Waals surface area contributed by atoms with Gasteiger partial charge >= 0.3 is 0 Å². The monoisotopic (exact) mass is 346 g/mol. The van der Waals surface area contributed by atoms with Crippen molar-refractivity contribution in [3.8, 4) is 0 Å². The quantitative estimate of drug-likeness (QED) is 0.760. The summed E-state index contributed by atoms with van der Waals surface area (Å²) in [6.45, 7) is 3.97. The minimum Gasteiger partial charge on any atom is -0.324 e. The minimum atomic E-state index is 0.319. The van der Waals surface area contributed by atoms with Crippen LogP contribution in [0.4, 0.5) is 11.6 Å². The van der Waals surface area contributed by atoms with Gasteiger partial charge in [0.2, 0.25) is 0 Å². The van der Waals surface area contributed by atoms with Gasteiger partial charge in [-0.25, -0.2) is 15.0 Å². The molecular formula is C20H22N6. The molecule has 1 atom stereocenters. The number of aromatic nitrogens is 4. The van der Waals surface area contributed by atoms with Crippen LogP contribution in [0.3, 0.4) is 0 Å². The number of aryl methyl sites for hydroxylation is 1. The molecule has 1 N–H and O–H groups in total. The van der Waals surface area contributed by atoms with E-state index in [0.717, 1.165) is 36.8 Å². The molecule has 1 aliphatic rings. The third-order valence-corrected chi connectivity index (χ3v) is 4.61. The Morgan fingerprint density at radius 1 is 1.12 bits per heavy atom. The number of anilines is 2. The van der Waals surface area contributed by atoms with Crippen LogP contribution in [0, 0.1) is 6.92 Å². The van der Waals surface area contributed by atoms with Crippen LogP contribution in [0.15, 0.2) is 55.0 Å². The molecule has 3 heterocycles. The van der Waals surface area contributed by atoms with Crippen LogP contribution in [0.25, 0.3) is 0 Å². The average molecular weight is 346 g/mol. The molecule has 0 amide bonds. The average Bonchev–Trinajstić information content (AvgIpc) is 3.11. The van der Waals surface area contributed by atoms with Crippen LogP contribution in [-0.4, -0.2) is 31.4 Å². The first-order valence-corrected chi connectivity index (χ1v) is 8.94. The lowest BCUT2D eigenvalue weighted by atomic mass is 10.1. The predicted molar refractivity (Wildman–Crippen MR) is 101 cm³/mol. The van der Waals surface area contributed by atoms with Gasteiger partial charge in [-0.05, 0) is 31.9 Å². The molecule has 0 aliphatic carbocycles. The fourth-order valence-corrected chi connectivity index (χ4v) is 3.49. The summed E-state index contributed by atoms with van der Waals surface area (Å²) >= 11 is 0. The van der Waals surface area contributed by atoms with E-state index in [-0.39, 0.29) is 0 Å². The number of hydrogen-bond donors (Lipinski definition) is 1. The molecule has 132 valence electrons. The van der Waals surface area contributed by atoms with Crippen LogP contribution < -0.4 is 5.32 Å². The lowest BCUT2D eigenvalue weighted by molar-refractivity contribution is 0.244. The second-order valence-electron chi connectivity index (χ2n) is 6.56. The Morgan fingerprint density at radius 3 is 2.81 bits per heavy atom. The van der Waals surface area contributed by atoms with Crippen molar-refractivity contribution in [3.05, 3.63) is 72.1 Å². The molecule has 1 aliphatic heterocycles. The zero-order chi connectivity index (χ0) is 17.8. The molecule has 1 saturated heterocycles. The number of nitrogens with one attached hydrogen (secondary N) is 1. The maximum atomic E-state index is 4.72. The summed E-state index contributed by atoms with van der Waals surface area (Å²) in [5.74, 6) is 2.21. The molecule has 3 aromatic rings. The van der Waals surface area contributed by atoms with Crippen LogP contribution in [0.5, 0.6) is 0 Å². The molecule has 0 bridgehead atoms. The van der Waals surface area contributed by atoms with E-state index in [1.54, 1.807) is 18.6 Å². The second kappa shape index (κ2) is 7.58. The van der Waals surface area contributed by atoms with Gasteiger partial charge in [0.05, 0.1) is 17.9 Å². The molecule has 1 aromatic carbocycles. The Balaban J connectivity index is 1.56. The van der Waals surface area contributed by atoms with Crippen molar-refractivity contribution in [3.63, 3.8) is 0 Å². The van der Waals surface area contributed by atoms with Gasteiger partial charge < -0.3 is 5.32 Å². The van der Waals surface area contributed by atoms with Gasteiger partial charge in [0, 0.05) is 25.0 Å². The van der Waals surface area contributed by atoms with E-state index in [9.17, 15) is 0 Å². The zero-order valence-corrected chi connectivity index (χ0v) is 14.8. The fraction of sp³-hybridized carbons (Fsp3) is 0.300. The van der Waals surface area contributed by atoms with Crippen molar-refractivity contribution in [1.82, 2.24) is 24.8 Å². The van der Waals surface area contributed by atoms with E-state index in [0.29, 0.717) is 11.9 Å². The summed E-state index contributed by atoms with van der Waals surface area (Å²) in [6.07, 6.45) is 7.31. The fourth-order valence-electron chi connectivity index (χ4n) is 3.49. The van der Waals surface area contributed by atoms with Crippen LogP contribution in [-0.2, 0) is 6.54 Å². The Morgan fingerprint density at radius 2 is 2.00 bits per heavy atom. The maximum absolute atomic E-state index is 4.72. The molecule has 2 aromatic heterocycles. The van der Waals surface area contributed by atoms with E-state index < -0.39 is 0 Å².